The summed E-state index contributed by atoms with van der Waals surface area (Å²) in [5.74, 6) is 0.843. The third-order valence-corrected chi connectivity index (χ3v) is 4.28. The van der Waals surface area contributed by atoms with Crippen molar-refractivity contribution in [2.45, 2.75) is 45.8 Å². The number of nitrogens with one attached hydrogen (secondary N) is 1. The zero-order chi connectivity index (χ0) is 15.1. The monoisotopic (exact) mass is 291 g/mol. The lowest BCUT2D eigenvalue weighted by Gasteiger charge is -2.09. The number of nitrogens with zero attached hydrogens (tertiary/aromatic N) is 4. The second kappa shape index (κ2) is 5.14. The normalized spacial score (nSPS) is 18.7. The van der Waals surface area contributed by atoms with Gasteiger partial charge in [0.05, 0.1) is 6.04 Å². The third-order valence-electron chi connectivity index (χ3n) is 4.28. The average Bonchev–Trinajstić information content (AvgIpc) is 3.08. The first-order valence-electron chi connectivity index (χ1n) is 7.53. The average molecular weight is 291 g/mol. The van der Waals surface area contributed by atoms with Gasteiger partial charge in [0.15, 0.2) is 11.2 Å². The second-order valence-electron chi connectivity index (χ2n) is 5.43. The maximum Gasteiger partial charge on any atom is 0.332 e. The van der Waals surface area contributed by atoms with Crippen molar-refractivity contribution in [1.82, 2.24) is 24.0 Å². The predicted molar refractivity (Wildman–Crippen MR) is 80.6 cm³/mol. The van der Waals surface area contributed by atoms with Crippen LogP contribution in [0.1, 0.15) is 38.6 Å². The quantitative estimate of drug-likeness (QED) is 0.886. The van der Waals surface area contributed by atoms with Crippen LogP contribution in [-0.4, -0.2) is 25.2 Å². The highest BCUT2D eigenvalue weighted by Gasteiger charge is 2.25. The molecule has 1 aliphatic rings. The molecule has 0 saturated carbocycles. The molecule has 1 fully saturated rings. The van der Waals surface area contributed by atoms with Gasteiger partial charge in [0.2, 0.25) is 0 Å². The van der Waals surface area contributed by atoms with E-state index in [9.17, 15) is 9.59 Å². The Morgan fingerprint density at radius 1 is 1.24 bits per heavy atom. The van der Waals surface area contributed by atoms with Crippen LogP contribution in [0.3, 0.4) is 0 Å². The minimum absolute atomic E-state index is 0.164. The van der Waals surface area contributed by atoms with Gasteiger partial charge in [0, 0.05) is 20.1 Å². The van der Waals surface area contributed by atoms with Crippen molar-refractivity contribution in [2.24, 2.45) is 7.05 Å². The number of rotatable bonds is 3. The van der Waals surface area contributed by atoms with Gasteiger partial charge in [-0.05, 0) is 33.2 Å². The Balaban J connectivity index is 2.38. The van der Waals surface area contributed by atoms with Gasteiger partial charge in [-0.15, -0.1) is 0 Å². The number of imidazole rings is 1. The van der Waals surface area contributed by atoms with E-state index in [1.807, 2.05) is 25.5 Å². The Bertz CT molecular complexity index is 792. The molecule has 0 aromatic carbocycles. The van der Waals surface area contributed by atoms with E-state index in [1.54, 1.807) is 4.57 Å². The highest BCUT2D eigenvalue weighted by molar-refractivity contribution is 5.71. The molecule has 0 aliphatic carbocycles. The van der Waals surface area contributed by atoms with Gasteiger partial charge in [-0.25, -0.2) is 9.78 Å². The Labute approximate surface area is 122 Å². The minimum Gasteiger partial charge on any atom is -0.324 e. The SMILES string of the molecule is CCn1c(=O)c2c(nc(C3CCCN3)n2C)n(CC)c1=O. The van der Waals surface area contributed by atoms with Gasteiger partial charge in [0.1, 0.15) is 5.82 Å². The summed E-state index contributed by atoms with van der Waals surface area (Å²) in [6.07, 6.45) is 2.11. The summed E-state index contributed by atoms with van der Waals surface area (Å²) in [5.41, 5.74) is 0.494. The summed E-state index contributed by atoms with van der Waals surface area (Å²) in [4.78, 5) is 29.5. The van der Waals surface area contributed by atoms with E-state index in [1.165, 1.54) is 4.57 Å². The van der Waals surface area contributed by atoms with Crippen molar-refractivity contribution < 1.29 is 0 Å². The summed E-state index contributed by atoms with van der Waals surface area (Å²) in [6.45, 7) is 5.55. The maximum atomic E-state index is 12.6. The molecule has 114 valence electrons. The van der Waals surface area contributed by atoms with Crippen LogP contribution in [0, 0.1) is 0 Å². The van der Waals surface area contributed by atoms with Crippen LogP contribution in [-0.2, 0) is 20.1 Å². The van der Waals surface area contributed by atoms with Crippen molar-refractivity contribution in [1.29, 1.82) is 0 Å². The lowest BCUT2D eigenvalue weighted by atomic mass is 10.2. The molecule has 0 spiro atoms. The second-order valence-corrected chi connectivity index (χ2v) is 5.43. The largest absolute Gasteiger partial charge is 0.332 e. The fraction of sp³-hybridized carbons (Fsp3) is 0.643. The van der Waals surface area contributed by atoms with Crippen LogP contribution in [0.5, 0.6) is 0 Å². The molecule has 2 aromatic rings. The molecule has 7 nitrogen and oxygen atoms in total. The van der Waals surface area contributed by atoms with Crippen LogP contribution < -0.4 is 16.6 Å². The van der Waals surface area contributed by atoms with E-state index < -0.39 is 0 Å². The van der Waals surface area contributed by atoms with Gasteiger partial charge in [0.25, 0.3) is 5.56 Å². The zero-order valence-electron chi connectivity index (χ0n) is 12.7. The van der Waals surface area contributed by atoms with Crippen LogP contribution in [0.2, 0.25) is 0 Å². The molecule has 3 rings (SSSR count). The number of hydrogen-bond donors (Lipinski definition) is 1. The van der Waals surface area contributed by atoms with Crippen LogP contribution in [0.4, 0.5) is 0 Å². The molecule has 3 heterocycles. The molecule has 0 amide bonds. The number of aromatic nitrogens is 4. The molecule has 1 atom stereocenters. The van der Waals surface area contributed by atoms with E-state index in [2.05, 4.69) is 10.3 Å². The third kappa shape index (κ3) is 1.95. The van der Waals surface area contributed by atoms with Crippen molar-refractivity contribution in [3.8, 4) is 0 Å². The Kier molecular flexibility index (Phi) is 3.44. The van der Waals surface area contributed by atoms with Crippen LogP contribution >= 0.6 is 0 Å². The van der Waals surface area contributed by atoms with E-state index >= 15 is 0 Å². The van der Waals surface area contributed by atoms with E-state index in [0.29, 0.717) is 24.3 Å². The van der Waals surface area contributed by atoms with Crippen LogP contribution in [0.15, 0.2) is 9.59 Å². The predicted octanol–water partition coefficient (Wildman–Crippen LogP) is 0.361. The lowest BCUT2D eigenvalue weighted by Crippen LogP contribution is -2.39. The van der Waals surface area contributed by atoms with E-state index in [4.69, 9.17) is 0 Å². The first-order valence-corrected chi connectivity index (χ1v) is 7.53. The number of hydrogen-bond acceptors (Lipinski definition) is 4. The molecular formula is C14H21N5O2. The Morgan fingerprint density at radius 2 is 1.95 bits per heavy atom. The van der Waals surface area contributed by atoms with E-state index in [0.717, 1.165) is 25.2 Å². The molecular weight excluding hydrogens is 270 g/mol. The smallest absolute Gasteiger partial charge is 0.324 e. The summed E-state index contributed by atoms with van der Waals surface area (Å²) in [5, 5.41) is 3.40. The van der Waals surface area contributed by atoms with Gasteiger partial charge >= 0.3 is 5.69 Å². The fourth-order valence-electron chi connectivity index (χ4n) is 3.16. The Hall–Kier alpha value is -1.89. The molecule has 0 bridgehead atoms. The molecule has 1 N–H and O–H groups in total. The summed E-state index contributed by atoms with van der Waals surface area (Å²) >= 11 is 0. The molecule has 21 heavy (non-hydrogen) atoms. The first-order chi connectivity index (χ1) is 10.1. The fourth-order valence-corrected chi connectivity index (χ4v) is 3.16. The summed E-state index contributed by atoms with van der Waals surface area (Å²) in [6, 6.07) is 0.164. The van der Waals surface area contributed by atoms with Crippen molar-refractivity contribution in [3.63, 3.8) is 0 Å². The molecule has 1 saturated heterocycles. The summed E-state index contributed by atoms with van der Waals surface area (Å²) < 4.78 is 4.70. The standard InChI is InChI=1S/C14H21N5O2/c1-4-18-12-10(13(20)19(5-2)14(18)21)17(3)11(16-12)9-7-6-8-15-9/h9,15H,4-8H2,1-3H3. The number of fused-ring (bicyclic) bond motifs is 1. The van der Waals surface area contributed by atoms with Crippen molar-refractivity contribution >= 4 is 11.2 Å². The van der Waals surface area contributed by atoms with Crippen molar-refractivity contribution in [2.75, 3.05) is 6.54 Å². The van der Waals surface area contributed by atoms with Crippen molar-refractivity contribution in [3.05, 3.63) is 26.7 Å². The molecule has 0 radical (unpaired) electrons. The van der Waals surface area contributed by atoms with Gasteiger partial charge in [-0.3, -0.25) is 13.9 Å². The van der Waals surface area contributed by atoms with Crippen LogP contribution in [0.25, 0.3) is 11.2 Å². The van der Waals surface area contributed by atoms with Gasteiger partial charge in [-0.1, -0.05) is 0 Å². The lowest BCUT2D eigenvalue weighted by molar-refractivity contribution is 0.583. The minimum atomic E-state index is -0.276. The number of aryl methyl sites for hydroxylation is 2. The molecule has 7 heteroatoms. The molecule has 1 unspecified atom stereocenters. The van der Waals surface area contributed by atoms with Gasteiger partial charge < -0.3 is 9.88 Å². The Morgan fingerprint density at radius 3 is 2.52 bits per heavy atom. The first kappa shape index (κ1) is 14.1. The maximum absolute atomic E-state index is 12.6. The van der Waals surface area contributed by atoms with E-state index in [-0.39, 0.29) is 17.3 Å². The zero-order valence-corrected chi connectivity index (χ0v) is 12.7. The highest BCUT2D eigenvalue weighted by atomic mass is 16.2. The highest BCUT2D eigenvalue weighted by Crippen LogP contribution is 2.23. The molecule has 1 aliphatic heterocycles. The van der Waals surface area contributed by atoms with Gasteiger partial charge in [-0.2, -0.15) is 0 Å². The molecule has 2 aromatic heterocycles. The summed E-state index contributed by atoms with van der Waals surface area (Å²) in [7, 11) is 1.86. The topological polar surface area (TPSA) is 73.8 Å².